The van der Waals surface area contributed by atoms with Gasteiger partial charge in [0.05, 0.1) is 6.61 Å². The average Bonchev–Trinajstić information content (AvgIpc) is 2.31. The van der Waals surface area contributed by atoms with Crippen LogP contribution < -0.4 is 4.90 Å². The second kappa shape index (κ2) is 6.87. The summed E-state index contributed by atoms with van der Waals surface area (Å²) in [4.78, 5) is 13.0. The number of hydrogen-bond acceptors (Lipinski definition) is 2. The van der Waals surface area contributed by atoms with E-state index >= 15 is 0 Å². The highest BCUT2D eigenvalue weighted by Crippen LogP contribution is 2.24. The molecular formula is C12H15BrClNO2. The van der Waals surface area contributed by atoms with Gasteiger partial charge in [-0.1, -0.05) is 33.6 Å². The molecule has 0 saturated carbocycles. The van der Waals surface area contributed by atoms with Gasteiger partial charge in [-0.05, 0) is 31.0 Å². The Morgan fingerprint density at radius 1 is 1.53 bits per heavy atom. The van der Waals surface area contributed by atoms with Gasteiger partial charge in [0.1, 0.15) is 0 Å². The first-order valence-electron chi connectivity index (χ1n) is 5.35. The Balaban J connectivity index is 2.85. The van der Waals surface area contributed by atoms with E-state index in [9.17, 15) is 4.79 Å². The third kappa shape index (κ3) is 3.89. The minimum absolute atomic E-state index is 0.360. The van der Waals surface area contributed by atoms with Crippen LogP contribution in [0, 0.1) is 0 Å². The quantitative estimate of drug-likeness (QED) is 0.788. The molecule has 0 unspecified atom stereocenters. The molecule has 17 heavy (non-hydrogen) atoms. The lowest BCUT2D eigenvalue weighted by molar-refractivity contribution is 0.161. The molecule has 0 N–H and O–H groups in total. The number of benzene rings is 1. The van der Waals surface area contributed by atoms with Crippen molar-refractivity contribution in [3.05, 3.63) is 28.8 Å². The van der Waals surface area contributed by atoms with Gasteiger partial charge >= 0.3 is 6.09 Å². The van der Waals surface area contributed by atoms with Crippen LogP contribution in [-0.2, 0) is 11.2 Å². The van der Waals surface area contributed by atoms with E-state index in [1.165, 1.54) is 4.90 Å². The lowest BCUT2D eigenvalue weighted by Crippen LogP contribution is -2.26. The molecule has 0 bridgehead atoms. The predicted octanol–water partition coefficient (Wildman–Crippen LogP) is 3.87. The highest BCUT2D eigenvalue weighted by atomic mass is 79.9. The summed E-state index contributed by atoms with van der Waals surface area (Å²) < 4.78 is 4.91. The molecule has 1 aromatic carbocycles. The van der Waals surface area contributed by atoms with Crippen molar-refractivity contribution in [2.75, 3.05) is 23.9 Å². The Kier molecular flexibility index (Phi) is 5.78. The molecule has 1 rings (SSSR count). The Hall–Kier alpha value is -0.740. The number of ether oxygens (including phenoxy) is 1. The minimum Gasteiger partial charge on any atom is -0.449 e. The third-order valence-electron chi connectivity index (χ3n) is 2.33. The van der Waals surface area contributed by atoms with Crippen molar-refractivity contribution < 1.29 is 9.53 Å². The smallest absolute Gasteiger partial charge is 0.413 e. The zero-order chi connectivity index (χ0) is 12.8. The first kappa shape index (κ1) is 14.3. The summed E-state index contributed by atoms with van der Waals surface area (Å²) in [5.41, 5.74) is 1.79. The van der Waals surface area contributed by atoms with Crippen molar-refractivity contribution in [3.63, 3.8) is 0 Å². The van der Waals surface area contributed by atoms with Gasteiger partial charge in [0, 0.05) is 23.1 Å². The molecule has 0 spiro atoms. The van der Waals surface area contributed by atoms with Crippen molar-refractivity contribution in [3.8, 4) is 0 Å². The molecule has 0 heterocycles. The fourth-order valence-corrected chi connectivity index (χ4v) is 2.07. The van der Waals surface area contributed by atoms with Gasteiger partial charge in [-0.25, -0.2) is 4.79 Å². The summed E-state index contributed by atoms with van der Waals surface area (Å²) in [6.45, 7) is 2.14. The number of hydrogen-bond donors (Lipinski definition) is 0. The van der Waals surface area contributed by atoms with E-state index in [2.05, 4.69) is 15.9 Å². The number of nitrogens with zero attached hydrogens (tertiary/aromatic N) is 1. The number of carbonyl (C=O) groups excluding carboxylic acids is 1. The van der Waals surface area contributed by atoms with E-state index in [4.69, 9.17) is 16.3 Å². The third-order valence-corrected chi connectivity index (χ3v) is 3.08. The van der Waals surface area contributed by atoms with Crippen LogP contribution in [0.4, 0.5) is 10.5 Å². The van der Waals surface area contributed by atoms with Crippen molar-refractivity contribution in [2.24, 2.45) is 0 Å². The van der Waals surface area contributed by atoms with E-state index in [0.29, 0.717) is 11.6 Å². The number of rotatable bonds is 4. The molecule has 1 amide bonds. The standard InChI is InChI=1S/C12H15BrClNO2/c1-3-17-12(16)15(2)10-5-4-9(6-7-13)11(14)8-10/h4-5,8H,3,6-7H2,1-2H3. The van der Waals surface area contributed by atoms with E-state index in [0.717, 1.165) is 23.0 Å². The van der Waals surface area contributed by atoms with E-state index in [-0.39, 0.29) is 6.09 Å². The number of aryl methyl sites for hydroxylation is 1. The summed E-state index contributed by atoms with van der Waals surface area (Å²) in [5, 5.41) is 1.53. The molecule has 94 valence electrons. The topological polar surface area (TPSA) is 29.5 Å². The highest BCUT2D eigenvalue weighted by Gasteiger charge is 2.12. The van der Waals surface area contributed by atoms with Crippen LogP contribution >= 0.6 is 27.5 Å². The Labute approximate surface area is 115 Å². The van der Waals surface area contributed by atoms with Gasteiger partial charge < -0.3 is 4.74 Å². The van der Waals surface area contributed by atoms with Crippen LogP contribution in [0.15, 0.2) is 18.2 Å². The van der Waals surface area contributed by atoms with E-state index < -0.39 is 0 Å². The molecule has 0 saturated heterocycles. The van der Waals surface area contributed by atoms with Gasteiger partial charge in [0.2, 0.25) is 0 Å². The molecule has 0 atom stereocenters. The minimum atomic E-state index is -0.378. The van der Waals surface area contributed by atoms with Gasteiger partial charge in [0.15, 0.2) is 0 Å². The van der Waals surface area contributed by atoms with Crippen LogP contribution in [0.2, 0.25) is 5.02 Å². The molecule has 1 aromatic rings. The van der Waals surface area contributed by atoms with Crippen LogP contribution in [0.5, 0.6) is 0 Å². The van der Waals surface area contributed by atoms with Gasteiger partial charge in [-0.15, -0.1) is 0 Å². The van der Waals surface area contributed by atoms with Crippen molar-refractivity contribution in [2.45, 2.75) is 13.3 Å². The Morgan fingerprint density at radius 2 is 2.24 bits per heavy atom. The molecule has 0 radical (unpaired) electrons. The van der Waals surface area contributed by atoms with E-state index in [1.54, 1.807) is 20.0 Å². The zero-order valence-electron chi connectivity index (χ0n) is 9.87. The van der Waals surface area contributed by atoms with Crippen molar-refractivity contribution >= 4 is 39.3 Å². The van der Waals surface area contributed by atoms with Crippen molar-refractivity contribution in [1.29, 1.82) is 0 Å². The number of amides is 1. The van der Waals surface area contributed by atoms with Gasteiger partial charge in [0.25, 0.3) is 0 Å². The van der Waals surface area contributed by atoms with Crippen LogP contribution in [-0.4, -0.2) is 25.1 Å². The van der Waals surface area contributed by atoms with Crippen LogP contribution in [0.1, 0.15) is 12.5 Å². The predicted molar refractivity (Wildman–Crippen MR) is 74.4 cm³/mol. The van der Waals surface area contributed by atoms with Gasteiger partial charge in [-0.3, -0.25) is 4.90 Å². The molecule has 0 aliphatic heterocycles. The largest absolute Gasteiger partial charge is 0.449 e. The van der Waals surface area contributed by atoms with Crippen molar-refractivity contribution in [1.82, 2.24) is 0 Å². The average molecular weight is 321 g/mol. The molecule has 5 heteroatoms. The summed E-state index contributed by atoms with van der Waals surface area (Å²) in [7, 11) is 1.66. The molecule has 0 fully saturated rings. The molecule has 0 aromatic heterocycles. The number of halogens is 2. The number of anilines is 1. The van der Waals surface area contributed by atoms with E-state index in [1.807, 2.05) is 12.1 Å². The normalized spacial score (nSPS) is 10.1. The maximum absolute atomic E-state index is 11.5. The van der Waals surface area contributed by atoms with Gasteiger partial charge in [-0.2, -0.15) is 0 Å². The highest BCUT2D eigenvalue weighted by molar-refractivity contribution is 9.09. The first-order chi connectivity index (χ1) is 8.10. The zero-order valence-corrected chi connectivity index (χ0v) is 12.2. The lowest BCUT2D eigenvalue weighted by atomic mass is 10.1. The summed E-state index contributed by atoms with van der Waals surface area (Å²) in [6, 6.07) is 5.56. The molecular weight excluding hydrogens is 305 g/mol. The number of carbonyl (C=O) groups is 1. The Morgan fingerprint density at radius 3 is 2.76 bits per heavy atom. The molecule has 0 aliphatic rings. The van der Waals surface area contributed by atoms with Crippen LogP contribution in [0.3, 0.4) is 0 Å². The van der Waals surface area contributed by atoms with Crippen LogP contribution in [0.25, 0.3) is 0 Å². The molecule has 0 aliphatic carbocycles. The molecule has 3 nitrogen and oxygen atoms in total. The fourth-order valence-electron chi connectivity index (χ4n) is 1.38. The summed E-state index contributed by atoms with van der Waals surface area (Å²) in [5.74, 6) is 0. The monoisotopic (exact) mass is 319 g/mol. The Bertz CT molecular complexity index is 398. The fraction of sp³-hybridized carbons (Fsp3) is 0.417. The second-order valence-corrected chi connectivity index (χ2v) is 4.67. The lowest BCUT2D eigenvalue weighted by Gasteiger charge is -2.17. The second-order valence-electron chi connectivity index (χ2n) is 3.47. The summed E-state index contributed by atoms with van der Waals surface area (Å²) >= 11 is 9.50. The summed E-state index contributed by atoms with van der Waals surface area (Å²) in [6.07, 6.45) is 0.485. The first-order valence-corrected chi connectivity index (χ1v) is 6.85. The maximum Gasteiger partial charge on any atom is 0.413 e. The SMILES string of the molecule is CCOC(=O)N(C)c1ccc(CCBr)c(Cl)c1. The number of alkyl halides is 1. The maximum atomic E-state index is 11.5.